The summed E-state index contributed by atoms with van der Waals surface area (Å²) in [7, 11) is 1.41. The van der Waals surface area contributed by atoms with Crippen molar-refractivity contribution < 1.29 is 14.3 Å². The Bertz CT molecular complexity index is 357. The molecule has 3 nitrogen and oxygen atoms in total. The monoisotopic (exact) mass is 276 g/mol. The quantitative estimate of drug-likeness (QED) is 0.775. The van der Waals surface area contributed by atoms with Gasteiger partial charge in [-0.3, -0.25) is 4.79 Å². The number of rotatable bonds is 2. The third kappa shape index (κ3) is 1.39. The second-order valence-corrected chi connectivity index (χ2v) is 5.02. The summed E-state index contributed by atoms with van der Waals surface area (Å²) in [6, 6.07) is 1.95. The summed E-state index contributed by atoms with van der Waals surface area (Å²) in [5, 5.41) is 1.96. The molecule has 1 saturated heterocycles. The van der Waals surface area contributed by atoms with E-state index in [1.807, 2.05) is 11.4 Å². The minimum absolute atomic E-state index is 0.210. The lowest BCUT2D eigenvalue weighted by molar-refractivity contribution is -0.166. The smallest absolute Gasteiger partial charge is 0.321 e. The summed E-state index contributed by atoms with van der Waals surface area (Å²) in [6.07, 6.45) is 0. The molecule has 0 unspecified atom stereocenters. The van der Waals surface area contributed by atoms with Gasteiger partial charge in [0, 0.05) is 14.7 Å². The molecule has 0 amide bonds. The summed E-state index contributed by atoms with van der Waals surface area (Å²) in [5.41, 5.74) is -0.550. The number of methoxy groups -OCH3 is 1. The molecule has 1 aliphatic heterocycles. The first-order valence-electron chi connectivity index (χ1n) is 4.10. The number of thiophene rings is 1. The SMILES string of the molecule is COC(=O)C1(c2cc(Br)cs2)COC1. The van der Waals surface area contributed by atoms with E-state index in [1.165, 1.54) is 7.11 Å². The maximum Gasteiger partial charge on any atom is 0.321 e. The highest BCUT2D eigenvalue weighted by Gasteiger charge is 2.49. The number of esters is 1. The molecule has 1 fully saturated rings. The van der Waals surface area contributed by atoms with Crippen molar-refractivity contribution in [3.05, 3.63) is 20.8 Å². The van der Waals surface area contributed by atoms with E-state index in [0.717, 1.165) is 9.35 Å². The highest BCUT2D eigenvalue weighted by Crippen LogP contribution is 2.38. The van der Waals surface area contributed by atoms with Crippen LogP contribution in [0.4, 0.5) is 0 Å². The van der Waals surface area contributed by atoms with E-state index in [1.54, 1.807) is 11.3 Å². The van der Waals surface area contributed by atoms with Crippen LogP contribution in [-0.2, 0) is 19.7 Å². The molecule has 5 heteroatoms. The predicted molar refractivity (Wildman–Crippen MR) is 56.5 cm³/mol. The molecule has 2 heterocycles. The van der Waals surface area contributed by atoms with Crippen LogP contribution in [0.25, 0.3) is 0 Å². The topological polar surface area (TPSA) is 35.5 Å². The Labute approximate surface area is 94.1 Å². The van der Waals surface area contributed by atoms with Gasteiger partial charge in [0.05, 0.1) is 20.3 Å². The Morgan fingerprint density at radius 3 is 2.79 bits per heavy atom. The first kappa shape index (κ1) is 10.1. The Balaban J connectivity index is 2.33. The molecule has 0 aliphatic carbocycles. The van der Waals surface area contributed by atoms with Gasteiger partial charge < -0.3 is 9.47 Å². The molecule has 0 atom stereocenters. The van der Waals surface area contributed by atoms with Gasteiger partial charge in [-0.1, -0.05) is 0 Å². The molecule has 0 N–H and O–H groups in total. The van der Waals surface area contributed by atoms with E-state index in [2.05, 4.69) is 15.9 Å². The van der Waals surface area contributed by atoms with E-state index < -0.39 is 5.41 Å². The second-order valence-electron chi connectivity index (χ2n) is 3.20. The van der Waals surface area contributed by atoms with Crippen molar-refractivity contribution in [1.82, 2.24) is 0 Å². The molecular formula is C9H9BrO3S. The lowest BCUT2D eigenvalue weighted by Gasteiger charge is -2.37. The number of ether oxygens (including phenoxy) is 2. The van der Waals surface area contributed by atoms with E-state index in [0.29, 0.717) is 13.2 Å². The summed E-state index contributed by atoms with van der Waals surface area (Å²) in [5.74, 6) is -0.210. The normalized spacial score (nSPS) is 18.7. The summed E-state index contributed by atoms with van der Waals surface area (Å²) in [4.78, 5) is 12.6. The zero-order valence-corrected chi connectivity index (χ0v) is 9.98. The first-order chi connectivity index (χ1) is 6.69. The van der Waals surface area contributed by atoms with Gasteiger partial charge >= 0.3 is 5.97 Å². The Morgan fingerprint density at radius 1 is 1.71 bits per heavy atom. The van der Waals surface area contributed by atoms with Crippen molar-refractivity contribution in [1.29, 1.82) is 0 Å². The van der Waals surface area contributed by atoms with Crippen LogP contribution in [-0.4, -0.2) is 26.3 Å². The van der Waals surface area contributed by atoms with Crippen LogP contribution in [0.15, 0.2) is 15.9 Å². The van der Waals surface area contributed by atoms with Gasteiger partial charge in [-0.25, -0.2) is 0 Å². The van der Waals surface area contributed by atoms with Crippen molar-refractivity contribution in [2.45, 2.75) is 5.41 Å². The van der Waals surface area contributed by atoms with Crippen molar-refractivity contribution in [3.63, 3.8) is 0 Å². The predicted octanol–water partition coefficient (Wildman–Crippen LogP) is 1.95. The van der Waals surface area contributed by atoms with Gasteiger partial charge in [-0.2, -0.15) is 0 Å². The molecule has 2 rings (SSSR count). The third-order valence-electron chi connectivity index (χ3n) is 2.31. The van der Waals surface area contributed by atoms with Crippen LogP contribution in [0.2, 0.25) is 0 Å². The highest BCUT2D eigenvalue weighted by atomic mass is 79.9. The van der Waals surface area contributed by atoms with Crippen molar-refractivity contribution in [2.24, 2.45) is 0 Å². The standard InChI is InChI=1S/C9H9BrO3S/c1-12-8(11)9(4-13-5-9)7-2-6(10)3-14-7/h2-3H,4-5H2,1H3. The number of halogens is 1. The van der Waals surface area contributed by atoms with Crippen LogP contribution >= 0.6 is 27.3 Å². The molecule has 1 aromatic rings. The van der Waals surface area contributed by atoms with Crippen LogP contribution in [0.5, 0.6) is 0 Å². The number of hydrogen-bond acceptors (Lipinski definition) is 4. The minimum Gasteiger partial charge on any atom is -0.468 e. The molecule has 1 aliphatic rings. The maximum absolute atomic E-state index is 11.6. The molecule has 14 heavy (non-hydrogen) atoms. The van der Waals surface area contributed by atoms with Crippen molar-refractivity contribution in [3.8, 4) is 0 Å². The zero-order chi connectivity index (χ0) is 10.2. The van der Waals surface area contributed by atoms with Gasteiger partial charge in [-0.05, 0) is 22.0 Å². The van der Waals surface area contributed by atoms with E-state index in [-0.39, 0.29) is 5.97 Å². The van der Waals surface area contributed by atoms with Crippen molar-refractivity contribution >= 4 is 33.2 Å². The van der Waals surface area contributed by atoms with Gasteiger partial charge in [0.2, 0.25) is 0 Å². The second kappa shape index (κ2) is 3.64. The lowest BCUT2D eigenvalue weighted by Crippen LogP contribution is -2.53. The molecular weight excluding hydrogens is 268 g/mol. The van der Waals surface area contributed by atoms with Crippen molar-refractivity contribution in [2.75, 3.05) is 20.3 Å². The molecule has 76 valence electrons. The van der Waals surface area contributed by atoms with Crippen LogP contribution in [0.3, 0.4) is 0 Å². The molecule has 0 radical (unpaired) electrons. The number of carbonyl (C=O) groups excluding carboxylic acids is 1. The zero-order valence-electron chi connectivity index (χ0n) is 7.58. The largest absolute Gasteiger partial charge is 0.468 e. The maximum atomic E-state index is 11.6. The lowest BCUT2D eigenvalue weighted by atomic mass is 9.84. The highest BCUT2D eigenvalue weighted by molar-refractivity contribution is 9.10. The van der Waals surface area contributed by atoms with E-state index in [9.17, 15) is 4.79 Å². The third-order valence-corrected chi connectivity index (χ3v) is 4.21. The molecule has 0 saturated carbocycles. The number of carbonyl (C=O) groups is 1. The van der Waals surface area contributed by atoms with Crippen LogP contribution < -0.4 is 0 Å². The molecule has 0 spiro atoms. The molecule has 0 bridgehead atoms. The number of hydrogen-bond donors (Lipinski definition) is 0. The molecule has 1 aromatic heterocycles. The summed E-state index contributed by atoms with van der Waals surface area (Å²) < 4.78 is 10.9. The average molecular weight is 277 g/mol. The average Bonchev–Trinajstić information content (AvgIpc) is 2.50. The van der Waals surface area contributed by atoms with E-state index >= 15 is 0 Å². The van der Waals surface area contributed by atoms with Crippen LogP contribution in [0, 0.1) is 0 Å². The summed E-state index contributed by atoms with van der Waals surface area (Å²) >= 11 is 4.91. The minimum atomic E-state index is -0.550. The Kier molecular flexibility index (Phi) is 2.64. The summed E-state index contributed by atoms with van der Waals surface area (Å²) in [6.45, 7) is 0.846. The fourth-order valence-corrected chi connectivity index (χ4v) is 3.02. The van der Waals surface area contributed by atoms with E-state index in [4.69, 9.17) is 9.47 Å². The Hall–Kier alpha value is -0.390. The van der Waals surface area contributed by atoms with Gasteiger partial charge in [-0.15, -0.1) is 11.3 Å². The molecule has 0 aromatic carbocycles. The first-order valence-corrected chi connectivity index (χ1v) is 5.77. The van der Waals surface area contributed by atoms with Gasteiger partial charge in [0.15, 0.2) is 0 Å². The Morgan fingerprint density at radius 2 is 2.43 bits per heavy atom. The van der Waals surface area contributed by atoms with Crippen LogP contribution in [0.1, 0.15) is 4.88 Å². The van der Waals surface area contributed by atoms with Gasteiger partial charge in [0.1, 0.15) is 5.41 Å². The fraction of sp³-hybridized carbons (Fsp3) is 0.444. The fourth-order valence-electron chi connectivity index (χ4n) is 1.43. The van der Waals surface area contributed by atoms with Gasteiger partial charge in [0.25, 0.3) is 0 Å².